The number of pyridine rings is 1. The van der Waals surface area contributed by atoms with Gasteiger partial charge in [-0.05, 0) is 67.3 Å². The standard InChI is InChI=1S/C28H22N2O6/c1-16(27(31)29-18-9-11-23-24(14-18)35-15-34-23)36-28(32)25-20-6-2-3-7-22(20)30-26-17(8-10-21(25)26)13-19-5-4-12-33-19/h2-7,9,11-14,16H,8,10,15H2,1H3,(H,29,31)/b17-13+. The minimum absolute atomic E-state index is 0.142. The van der Waals surface area contributed by atoms with Crippen LogP contribution in [-0.4, -0.2) is 29.8 Å². The molecule has 0 bridgehead atoms. The maximum absolute atomic E-state index is 13.5. The first kappa shape index (κ1) is 21.9. The topological polar surface area (TPSA) is 99.9 Å². The Hall–Kier alpha value is -4.59. The number of nitrogens with zero attached hydrogens (tertiary/aromatic N) is 1. The minimum Gasteiger partial charge on any atom is -0.465 e. The first-order valence-corrected chi connectivity index (χ1v) is 11.6. The van der Waals surface area contributed by atoms with Crippen LogP contribution >= 0.6 is 0 Å². The molecule has 2 aliphatic rings. The van der Waals surface area contributed by atoms with Gasteiger partial charge in [-0.2, -0.15) is 0 Å². The Bertz CT molecular complexity index is 1520. The number of nitrogens with one attached hydrogen (secondary N) is 1. The van der Waals surface area contributed by atoms with E-state index in [1.165, 1.54) is 0 Å². The third kappa shape index (κ3) is 3.96. The fraction of sp³-hybridized carbons (Fsp3) is 0.179. The van der Waals surface area contributed by atoms with Crippen LogP contribution in [0.5, 0.6) is 11.5 Å². The van der Waals surface area contributed by atoms with Crippen LogP contribution in [0.1, 0.15) is 40.7 Å². The molecule has 1 aliphatic heterocycles. The van der Waals surface area contributed by atoms with Gasteiger partial charge in [0.25, 0.3) is 5.91 Å². The van der Waals surface area contributed by atoms with Crippen molar-refractivity contribution in [2.24, 2.45) is 0 Å². The number of anilines is 1. The summed E-state index contributed by atoms with van der Waals surface area (Å²) in [4.78, 5) is 31.1. The van der Waals surface area contributed by atoms with E-state index < -0.39 is 18.0 Å². The number of fused-ring (bicyclic) bond motifs is 3. The molecule has 6 rings (SSSR count). The lowest BCUT2D eigenvalue weighted by Crippen LogP contribution is -2.30. The lowest BCUT2D eigenvalue weighted by atomic mass is 10.0. The Morgan fingerprint density at radius 1 is 1.06 bits per heavy atom. The van der Waals surface area contributed by atoms with Crippen molar-refractivity contribution in [3.63, 3.8) is 0 Å². The number of esters is 1. The van der Waals surface area contributed by atoms with Gasteiger partial charge in [0.1, 0.15) is 5.76 Å². The van der Waals surface area contributed by atoms with E-state index in [-0.39, 0.29) is 6.79 Å². The predicted octanol–water partition coefficient (Wildman–Crippen LogP) is 5.23. The molecule has 2 aromatic heterocycles. The number of aromatic nitrogens is 1. The molecule has 8 heteroatoms. The molecule has 1 atom stereocenters. The molecule has 0 fully saturated rings. The number of carbonyl (C=O) groups is 2. The monoisotopic (exact) mass is 482 g/mol. The van der Waals surface area contributed by atoms with Crippen LogP contribution in [0, 0.1) is 0 Å². The van der Waals surface area contributed by atoms with Crippen molar-refractivity contribution < 1.29 is 28.2 Å². The van der Waals surface area contributed by atoms with Crippen LogP contribution in [0.15, 0.2) is 65.3 Å². The van der Waals surface area contributed by atoms with Gasteiger partial charge in [-0.25, -0.2) is 9.78 Å². The second kappa shape index (κ2) is 8.88. The Morgan fingerprint density at radius 3 is 2.78 bits per heavy atom. The third-order valence-corrected chi connectivity index (χ3v) is 6.30. The zero-order valence-electron chi connectivity index (χ0n) is 19.4. The van der Waals surface area contributed by atoms with E-state index >= 15 is 0 Å². The normalized spacial score (nSPS) is 15.6. The zero-order valence-corrected chi connectivity index (χ0v) is 19.4. The van der Waals surface area contributed by atoms with Gasteiger partial charge in [-0.3, -0.25) is 4.79 Å². The Morgan fingerprint density at radius 2 is 1.92 bits per heavy atom. The molecule has 0 saturated heterocycles. The molecule has 4 aromatic rings. The van der Waals surface area contributed by atoms with Crippen LogP contribution in [0.4, 0.5) is 5.69 Å². The average molecular weight is 482 g/mol. The fourth-order valence-corrected chi connectivity index (χ4v) is 4.55. The number of furan rings is 1. The Kier molecular flexibility index (Phi) is 5.41. The summed E-state index contributed by atoms with van der Waals surface area (Å²) < 4.78 is 21.8. The van der Waals surface area contributed by atoms with E-state index in [0.29, 0.717) is 40.1 Å². The van der Waals surface area contributed by atoms with Crippen molar-refractivity contribution in [3.8, 4) is 11.5 Å². The van der Waals surface area contributed by atoms with Gasteiger partial charge in [-0.15, -0.1) is 0 Å². The number of hydrogen-bond acceptors (Lipinski definition) is 7. The molecule has 2 aromatic carbocycles. The minimum atomic E-state index is -1.02. The summed E-state index contributed by atoms with van der Waals surface area (Å²) in [5.74, 6) is 0.889. The van der Waals surface area contributed by atoms with Crippen molar-refractivity contribution in [2.45, 2.75) is 25.9 Å². The van der Waals surface area contributed by atoms with Gasteiger partial charge in [0.15, 0.2) is 17.6 Å². The van der Waals surface area contributed by atoms with Crippen LogP contribution in [0.2, 0.25) is 0 Å². The lowest BCUT2D eigenvalue weighted by molar-refractivity contribution is -0.123. The summed E-state index contributed by atoms with van der Waals surface area (Å²) in [6.07, 6.45) is 3.91. The highest BCUT2D eigenvalue weighted by Crippen LogP contribution is 2.38. The molecule has 3 heterocycles. The van der Waals surface area contributed by atoms with Crippen LogP contribution in [0.25, 0.3) is 22.6 Å². The molecule has 1 unspecified atom stereocenters. The maximum atomic E-state index is 13.5. The lowest BCUT2D eigenvalue weighted by Gasteiger charge is -2.16. The molecule has 1 N–H and O–H groups in total. The summed E-state index contributed by atoms with van der Waals surface area (Å²) in [5.41, 5.74) is 4.23. The van der Waals surface area contributed by atoms with Crippen molar-refractivity contribution in [2.75, 3.05) is 12.1 Å². The van der Waals surface area contributed by atoms with E-state index in [0.717, 1.165) is 29.0 Å². The number of rotatable bonds is 5. The van der Waals surface area contributed by atoms with Gasteiger partial charge >= 0.3 is 5.97 Å². The molecular formula is C28H22N2O6. The number of hydrogen-bond donors (Lipinski definition) is 1. The van der Waals surface area contributed by atoms with Crippen molar-refractivity contribution in [1.29, 1.82) is 0 Å². The van der Waals surface area contributed by atoms with Crippen molar-refractivity contribution in [3.05, 3.63) is 83.4 Å². The van der Waals surface area contributed by atoms with Crippen LogP contribution < -0.4 is 14.8 Å². The first-order valence-electron chi connectivity index (χ1n) is 11.6. The second-order valence-corrected chi connectivity index (χ2v) is 8.62. The summed E-state index contributed by atoms with van der Waals surface area (Å²) in [7, 11) is 0. The van der Waals surface area contributed by atoms with E-state index in [9.17, 15) is 9.59 Å². The quantitative estimate of drug-likeness (QED) is 0.389. The van der Waals surface area contributed by atoms with Crippen molar-refractivity contribution >= 4 is 40.1 Å². The largest absolute Gasteiger partial charge is 0.465 e. The van der Waals surface area contributed by atoms with Crippen LogP contribution in [-0.2, 0) is 16.0 Å². The summed E-state index contributed by atoms with van der Waals surface area (Å²) >= 11 is 0. The Labute approximate surface area is 206 Å². The number of para-hydroxylation sites is 1. The smallest absolute Gasteiger partial charge is 0.339 e. The highest BCUT2D eigenvalue weighted by Gasteiger charge is 2.29. The SMILES string of the molecule is CC(OC(=O)c1c2c(nc3ccccc13)/C(=C/c1ccco1)CC2)C(=O)Nc1ccc2c(c1)OCO2. The Balaban J connectivity index is 1.28. The summed E-state index contributed by atoms with van der Waals surface area (Å²) in [6, 6.07) is 16.3. The molecule has 0 radical (unpaired) electrons. The van der Waals surface area contributed by atoms with Gasteiger partial charge in [0.05, 0.1) is 23.0 Å². The zero-order chi connectivity index (χ0) is 24.6. The van der Waals surface area contributed by atoms with Crippen LogP contribution in [0.3, 0.4) is 0 Å². The van der Waals surface area contributed by atoms with Crippen molar-refractivity contribution in [1.82, 2.24) is 4.98 Å². The molecule has 180 valence electrons. The summed E-state index contributed by atoms with van der Waals surface area (Å²) in [5, 5.41) is 3.46. The van der Waals surface area contributed by atoms with E-state index in [4.69, 9.17) is 23.6 Å². The van der Waals surface area contributed by atoms with Gasteiger partial charge in [-0.1, -0.05) is 18.2 Å². The molecule has 0 spiro atoms. The number of carbonyl (C=O) groups excluding carboxylic acids is 2. The molecule has 1 aliphatic carbocycles. The third-order valence-electron chi connectivity index (χ3n) is 6.30. The van der Waals surface area contributed by atoms with Gasteiger partial charge in [0.2, 0.25) is 6.79 Å². The fourth-order valence-electron chi connectivity index (χ4n) is 4.55. The number of allylic oxidation sites excluding steroid dienone is 1. The molecule has 1 amide bonds. The molecule has 36 heavy (non-hydrogen) atoms. The first-order chi connectivity index (χ1) is 17.6. The number of benzene rings is 2. The molecule has 0 saturated carbocycles. The highest BCUT2D eigenvalue weighted by atomic mass is 16.7. The average Bonchev–Trinajstić information content (AvgIpc) is 3.64. The highest BCUT2D eigenvalue weighted by molar-refractivity contribution is 6.08. The molecule has 8 nitrogen and oxygen atoms in total. The van der Waals surface area contributed by atoms with E-state index in [1.54, 1.807) is 31.4 Å². The van der Waals surface area contributed by atoms with E-state index in [2.05, 4.69) is 5.32 Å². The van der Waals surface area contributed by atoms with Gasteiger partial charge < -0.3 is 23.9 Å². The van der Waals surface area contributed by atoms with E-state index in [1.807, 2.05) is 42.5 Å². The second-order valence-electron chi connectivity index (χ2n) is 8.62. The number of ether oxygens (including phenoxy) is 3. The molecular weight excluding hydrogens is 460 g/mol. The predicted molar refractivity (Wildman–Crippen MR) is 133 cm³/mol. The number of amides is 1. The summed E-state index contributed by atoms with van der Waals surface area (Å²) in [6.45, 7) is 1.69. The van der Waals surface area contributed by atoms with Gasteiger partial charge in [0, 0.05) is 17.1 Å². The maximum Gasteiger partial charge on any atom is 0.339 e.